The van der Waals surface area contributed by atoms with Crippen LogP contribution in [0, 0.1) is 11.3 Å². The van der Waals surface area contributed by atoms with Gasteiger partial charge in [0.15, 0.2) is 0 Å². The monoisotopic (exact) mass is 337 g/mol. The third-order valence-corrected chi connectivity index (χ3v) is 4.84. The van der Waals surface area contributed by atoms with Gasteiger partial charge in [-0.15, -0.1) is 0 Å². The van der Waals surface area contributed by atoms with Gasteiger partial charge in [0.2, 0.25) is 9.84 Å². The molecule has 0 fully saturated rings. The van der Waals surface area contributed by atoms with Gasteiger partial charge in [-0.05, 0) is 48.0 Å². The van der Waals surface area contributed by atoms with Crippen molar-refractivity contribution in [3.63, 3.8) is 0 Å². The molecule has 2 rings (SSSR count). The molecule has 0 aromatic heterocycles. The maximum absolute atomic E-state index is 12.4. The lowest BCUT2D eigenvalue weighted by Gasteiger charge is -2.03. The smallest absolute Gasteiger partial charge is 0.216 e. The number of rotatable bonds is 3. The van der Waals surface area contributed by atoms with Crippen LogP contribution < -0.4 is 0 Å². The summed E-state index contributed by atoms with van der Waals surface area (Å²) >= 11 is 11.6. The molecule has 0 atom stereocenters. The quantitative estimate of drug-likeness (QED) is 0.783. The summed E-state index contributed by atoms with van der Waals surface area (Å²) in [5, 5.41) is 10.0. The van der Waals surface area contributed by atoms with Crippen LogP contribution in [0.4, 0.5) is 0 Å². The van der Waals surface area contributed by atoms with E-state index in [2.05, 4.69) is 0 Å². The van der Waals surface area contributed by atoms with Crippen LogP contribution in [0.3, 0.4) is 0 Å². The highest BCUT2D eigenvalue weighted by Crippen LogP contribution is 2.23. The van der Waals surface area contributed by atoms with E-state index in [0.29, 0.717) is 15.6 Å². The Balaban J connectivity index is 2.50. The first-order chi connectivity index (χ1) is 9.93. The van der Waals surface area contributed by atoms with Gasteiger partial charge in [0, 0.05) is 10.0 Å². The van der Waals surface area contributed by atoms with Crippen molar-refractivity contribution in [2.45, 2.75) is 4.90 Å². The van der Waals surface area contributed by atoms with Crippen molar-refractivity contribution < 1.29 is 8.42 Å². The van der Waals surface area contributed by atoms with Crippen molar-refractivity contribution in [2.75, 3.05) is 0 Å². The van der Waals surface area contributed by atoms with Gasteiger partial charge in [-0.25, -0.2) is 8.42 Å². The molecule has 2 aromatic carbocycles. The zero-order valence-electron chi connectivity index (χ0n) is 10.6. The third kappa shape index (κ3) is 3.64. The molecule has 0 amide bonds. The second kappa shape index (κ2) is 6.31. The molecule has 106 valence electrons. The first kappa shape index (κ1) is 15.6. The molecule has 0 aliphatic rings. The van der Waals surface area contributed by atoms with Crippen molar-refractivity contribution >= 4 is 39.1 Å². The van der Waals surface area contributed by atoms with Crippen molar-refractivity contribution in [3.05, 3.63) is 69.0 Å². The Bertz CT molecular complexity index is 835. The van der Waals surface area contributed by atoms with E-state index in [-0.39, 0.29) is 9.80 Å². The fourth-order valence-electron chi connectivity index (χ4n) is 1.66. The Morgan fingerprint density at radius 2 is 1.71 bits per heavy atom. The molecule has 0 aliphatic heterocycles. The van der Waals surface area contributed by atoms with Crippen LogP contribution in [0.25, 0.3) is 6.08 Å². The molecule has 0 radical (unpaired) electrons. The van der Waals surface area contributed by atoms with E-state index in [1.807, 2.05) is 0 Å². The predicted molar refractivity (Wildman–Crippen MR) is 83.7 cm³/mol. The number of nitrogens with zero attached hydrogens (tertiary/aromatic N) is 1. The number of allylic oxidation sites excluding steroid dienone is 1. The fraction of sp³-hybridized carbons (Fsp3) is 0. The van der Waals surface area contributed by atoms with Crippen LogP contribution in [0.15, 0.2) is 58.3 Å². The van der Waals surface area contributed by atoms with E-state index < -0.39 is 9.84 Å². The number of benzene rings is 2. The predicted octanol–water partition coefficient (Wildman–Crippen LogP) is 4.33. The first-order valence-electron chi connectivity index (χ1n) is 5.81. The largest absolute Gasteiger partial charge is 0.218 e. The minimum absolute atomic E-state index is 0.0155. The number of nitriles is 1. The Morgan fingerprint density at radius 3 is 2.29 bits per heavy atom. The number of hydrogen-bond donors (Lipinski definition) is 0. The molecule has 0 spiro atoms. The van der Waals surface area contributed by atoms with E-state index in [1.54, 1.807) is 30.3 Å². The molecule has 6 heteroatoms. The van der Waals surface area contributed by atoms with Crippen molar-refractivity contribution in [2.24, 2.45) is 0 Å². The minimum atomic E-state index is -3.88. The fourth-order valence-corrected chi connectivity index (χ4v) is 3.14. The summed E-state index contributed by atoms with van der Waals surface area (Å²) in [5.41, 5.74) is 0.539. The highest BCUT2D eigenvalue weighted by Gasteiger charge is 2.20. The number of sulfone groups is 1. The van der Waals surface area contributed by atoms with E-state index in [1.165, 1.54) is 30.3 Å². The van der Waals surface area contributed by atoms with Gasteiger partial charge in [0.25, 0.3) is 0 Å². The molecule has 0 N–H and O–H groups in total. The van der Waals surface area contributed by atoms with Crippen LogP contribution >= 0.6 is 23.2 Å². The highest BCUT2D eigenvalue weighted by molar-refractivity contribution is 7.95. The molecule has 0 bridgehead atoms. The van der Waals surface area contributed by atoms with Crippen LogP contribution in [-0.4, -0.2) is 8.42 Å². The third-order valence-electron chi connectivity index (χ3n) is 2.67. The normalized spacial score (nSPS) is 12.0. The van der Waals surface area contributed by atoms with Gasteiger partial charge < -0.3 is 0 Å². The molecule has 0 heterocycles. The first-order valence-corrected chi connectivity index (χ1v) is 8.05. The summed E-state index contributed by atoms with van der Waals surface area (Å²) < 4.78 is 24.8. The molecule has 0 unspecified atom stereocenters. The standard InChI is InChI=1S/C15H9Cl2NO2S/c16-12-4-6-14(7-5-12)21(19,20)15(10-18)9-11-2-1-3-13(17)8-11/h1-9H. The summed E-state index contributed by atoms with van der Waals surface area (Å²) in [6.07, 6.45) is 1.29. The summed E-state index contributed by atoms with van der Waals surface area (Å²) in [4.78, 5) is -0.339. The zero-order valence-corrected chi connectivity index (χ0v) is 13.0. The molecular weight excluding hydrogens is 329 g/mol. The summed E-state index contributed by atoms with van der Waals surface area (Å²) in [7, 11) is -3.88. The molecule has 0 saturated carbocycles. The van der Waals surface area contributed by atoms with Crippen LogP contribution in [-0.2, 0) is 9.84 Å². The van der Waals surface area contributed by atoms with Crippen LogP contribution in [0.2, 0.25) is 10.0 Å². The van der Waals surface area contributed by atoms with E-state index in [0.717, 1.165) is 0 Å². The summed E-state index contributed by atoms with van der Waals surface area (Å²) in [6.45, 7) is 0. The molecule has 2 aromatic rings. The Labute approximate surface area is 133 Å². The van der Waals surface area contributed by atoms with E-state index >= 15 is 0 Å². The van der Waals surface area contributed by atoms with Gasteiger partial charge in [0.1, 0.15) is 11.0 Å². The minimum Gasteiger partial charge on any atom is -0.218 e. The summed E-state index contributed by atoms with van der Waals surface area (Å²) in [6, 6.07) is 14.0. The second-order valence-corrected chi connectivity index (χ2v) is 6.92. The maximum Gasteiger partial charge on any atom is 0.216 e. The van der Waals surface area contributed by atoms with Crippen molar-refractivity contribution in [1.82, 2.24) is 0 Å². The number of hydrogen-bond acceptors (Lipinski definition) is 3. The lowest BCUT2D eigenvalue weighted by molar-refractivity contribution is 0.603. The van der Waals surface area contributed by atoms with Gasteiger partial charge >= 0.3 is 0 Å². The lowest BCUT2D eigenvalue weighted by Crippen LogP contribution is -2.03. The van der Waals surface area contributed by atoms with E-state index in [9.17, 15) is 8.42 Å². The average molecular weight is 338 g/mol. The zero-order chi connectivity index (χ0) is 15.5. The molecule has 0 saturated heterocycles. The van der Waals surface area contributed by atoms with Gasteiger partial charge in [-0.1, -0.05) is 35.3 Å². The SMILES string of the molecule is N#CC(=Cc1cccc(Cl)c1)S(=O)(=O)c1ccc(Cl)cc1. The second-order valence-electron chi connectivity index (χ2n) is 4.13. The van der Waals surface area contributed by atoms with Crippen molar-refractivity contribution in [1.29, 1.82) is 5.26 Å². The molecule has 3 nitrogen and oxygen atoms in total. The number of halogens is 2. The lowest BCUT2D eigenvalue weighted by atomic mass is 10.2. The molecule has 0 aliphatic carbocycles. The summed E-state index contributed by atoms with van der Waals surface area (Å²) in [5.74, 6) is 0. The van der Waals surface area contributed by atoms with Gasteiger partial charge in [-0.3, -0.25) is 0 Å². The highest BCUT2D eigenvalue weighted by atomic mass is 35.5. The van der Waals surface area contributed by atoms with E-state index in [4.69, 9.17) is 28.5 Å². The average Bonchev–Trinajstić information content (AvgIpc) is 2.45. The Morgan fingerprint density at radius 1 is 1.05 bits per heavy atom. The van der Waals surface area contributed by atoms with Gasteiger partial charge in [0.05, 0.1) is 4.90 Å². The Hall–Kier alpha value is -1.80. The van der Waals surface area contributed by atoms with Crippen LogP contribution in [0.1, 0.15) is 5.56 Å². The Kier molecular flexibility index (Phi) is 4.69. The van der Waals surface area contributed by atoms with Gasteiger partial charge in [-0.2, -0.15) is 5.26 Å². The van der Waals surface area contributed by atoms with Crippen LogP contribution in [0.5, 0.6) is 0 Å². The van der Waals surface area contributed by atoms with Crippen molar-refractivity contribution in [3.8, 4) is 6.07 Å². The maximum atomic E-state index is 12.4. The topological polar surface area (TPSA) is 57.9 Å². The molecular formula is C15H9Cl2NO2S. The molecule has 21 heavy (non-hydrogen) atoms.